The summed E-state index contributed by atoms with van der Waals surface area (Å²) < 4.78 is 5.72. The maximum Gasteiger partial charge on any atom is 0.257 e. The molecule has 2 aromatic rings. The van der Waals surface area contributed by atoms with Crippen LogP contribution in [0.25, 0.3) is 0 Å². The van der Waals surface area contributed by atoms with Gasteiger partial charge in [-0.05, 0) is 51.5 Å². The van der Waals surface area contributed by atoms with Crippen molar-refractivity contribution in [1.29, 1.82) is 0 Å². The Morgan fingerprint density at radius 2 is 1.92 bits per heavy atom. The second-order valence-electron chi connectivity index (χ2n) is 6.00. The van der Waals surface area contributed by atoms with Gasteiger partial charge in [-0.1, -0.05) is 19.1 Å². The molecule has 1 heterocycles. The molecule has 0 saturated heterocycles. The Labute approximate surface area is 143 Å². The van der Waals surface area contributed by atoms with E-state index in [4.69, 9.17) is 4.74 Å². The van der Waals surface area contributed by atoms with Gasteiger partial charge in [0.2, 0.25) is 0 Å². The molecule has 1 amide bonds. The predicted molar refractivity (Wildman–Crippen MR) is 97.8 cm³/mol. The number of nitrogens with one attached hydrogen (secondary N) is 2. The fourth-order valence-electron chi connectivity index (χ4n) is 2.09. The summed E-state index contributed by atoms with van der Waals surface area (Å²) in [6, 6.07) is 11.3. The molecule has 5 nitrogen and oxygen atoms in total. The molecular weight excluding hydrogens is 302 g/mol. The molecule has 24 heavy (non-hydrogen) atoms. The van der Waals surface area contributed by atoms with E-state index < -0.39 is 0 Å². The second kappa shape index (κ2) is 8.34. The van der Waals surface area contributed by atoms with Gasteiger partial charge in [0.05, 0.1) is 17.4 Å². The SMILES string of the molecule is CCC(C)Nc1ccc(C(=O)Nc2ccccc2OC(C)C)cn1. The first-order valence-corrected chi connectivity index (χ1v) is 8.29. The van der Waals surface area contributed by atoms with E-state index in [9.17, 15) is 4.79 Å². The van der Waals surface area contributed by atoms with E-state index in [-0.39, 0.29) is 12.0 Å². The number of carbonyl (C=O) groups is 1. The Hall–Kier alpha value is -2.56. The van der Waals surface area contributed by atoms with Crippen molar-refractivity contribution < 1.29 is 9.53 Å². The highest BCUT2D eigenvalue weighted by atomic mass is 16.5. The zero-order valence-corrected chi connectivity index (χ0v) is 14.7. The summed E-state index contributed by atoms with van der Waals surface area (Å²) in [6.45, 7) is 8.10. The Morgan fingerprint density at radius 1 is 1.17 bits per heavy atom. The number of amides is 1. The van der Waals surface area contributed by atoms with Crippen molar-refractivity contribution in [1.82, 2.24) is 4.98 Å². The summed E-state index contributed by atoms with van der Waals surface area (Å²) in [5.74, 6) is 1.21. The van der Waals surface area contributed by atoms with Gasteiger partial charge in [0.15, 0.2) is 0 Å². The van der Waals surface area contributed by atoms with Crippen LogP contribution in [0.5, 0.6) is 5.75 Å². The van der Waals surface area contributed by atoms with E-state index >= 15 is 0 Å². The predicted octanol–water partition coefficient (Wildman–Crippen LogP) is 4.33. The van der Waals surface area contributed by atoms with Crippen LogP contribution in [0.4, 0.5) is 11.5 Å². The van der Waals surface area contributed by atoms with Gasteiger partial charge in [-0.3, -0.25) is 4.79 Å². The lowest BCUT2D eigenvalue weighted by atomic mass is 10.2. The molecule has 2 rings (SSSR count). The van der Waals surface area contributed by atoms with Crippen LogP contribution in [0, 0.1) is 0 Å². The molecule has 1 aromatic heterocycles. The number of carbonyl (C=O) groups excluding carboxylic acids is 1. The minimum absolute atomic E-state index is 0.0376. The minimum atomic E-state index is -0.211. The molecule has 0 bridgehead atoms. The van der Waals surface area contributed by atoms with E-state index in [1.165, 1.54) is 0 Å². The molecule has 0 aliphatic carbocycles. The molecule has 2 N–H and O–H groups in total. The maximum atomic E-state index is 12.4. The number of ether oxygens (including phenoxy) is 1. The van der Waals surface area contributed by atoms with Crippen LogP contribution in [-0.4, -0.2) is 23.0 Å². The smallest absolute Gasteiger partial charge is 0.257 e. The summed E-state index contributed by atoms with van der Waals surface area (Å²) in [5.41, 5.74) is 1.15. The molecule has 0 saturated carbocycles. The quantitative estimate of drug-likeness (QED) is 0.794. The third kappa shape index (κ3) is 4.98. The highest BCUT2D eigenvalue weighted by Gasteiger charge is 2.11. The van der Waals surface area contributed by atoms with Crippen LogP contribution in [0.1, 0.15) is 44.5 Å². The van der Waals surface area contributed by atoms with Crippen LogP contribution in [0.3, 0.4) is 0 Å². The number of nitrogens with zero attached hydrogens (tertiary/aromatic N) is 1. The summed E-state index contributed by atoms with van der Waals surface area (Å²) in [6.07, 6.45) is 2.62. The zero-order valence-electron chi connectivity index (χ0n) is 14.7. The number of benzene rings is 1. The highest BCUT2D eigenvalue weighted by molar-refractivity contribution is 6.04. The number of anilines is 2. The Bertz CT molecular complexity index is 669. The van der Waals surface area contributed by atoms with Gasteiger partial charge in [-0.2, -0.15) is 0 Å². The van der Waals surface area contributed by atoms with Gasteiger partial charge < -0.3 is 15.4 Å². The minimum Gasteiger partial charge on any atom is -0.489 e. The first-order valence-electron chi connectivity index (χ1n) is 8.29. The van der Waals surface area contributed by atoms with Crippen molar-refractivity contribution in [3.8, 4) is 5.75 Å². The topological polar surface area (TPSA) is 63.2 Å². The number of hydrogen-bond acceptors (Lipinski definition) is 4. The van der Waals surface area contributed by atoms with E-state index in [1.54, 1.807) is 12.3 Å². The molecule has 0 radical (unpaired) electrons. The van der Waals surface area contributed by atoms with Gasteiger partial charge in [0.1, 0.15) is 11.6 Å². The third-order valence-corrected chi connectivity index (χ3v) is 3.53. The highest BCUT2D eigenvalue weighted by Crippen LogP contribution is 2.25. The van der Waals surface area contributed by atoms with Gasteiger partial charge in [-0.15, -0.1) is 0 Å². The Kier molecular flexibility index (Phi) is 6.18. The Balaban J connectivity index is 2.07. The van der Waals surface area contributed by atoms with Gasteiger partial charge in [-0.25, -0.2) is 4.98 Å². The van der Waals surface area contributed by atoms with Gasteiger partial charge in [0, 0.05) is 12.2 Å². The van der Waals surface area contributed by atoms with Gasteiger partial charge >= 0.3 is 0 Å². The lowest BCUT2D eigenvalue weighted by Crippen LogP contribution is -2.16. The van der Waals surface area contributed by atoms with Crippen molar-refractivity contribution in [2.24, 2.45) is 0 Å². The van der Waals surface area contributed by atoms with Crippen molar-refractivity contribution in [3.05, 3.63) is 48.2 Å². The zero-order chi connectivity index (χ0) is 17.5. The van der Waals surface area contributed by atoms with Crippen molar-refractivity contribution in [3.63, 3.8) is 0 Å². The summed E-state index contributed by atoms with van der Waals surface area (Å²) in [4.78, 5) is 16.7. The lowest BCUT2D eigenvalue weighted by Gasteiger charge is -2.15. The van der Waals surface area contributed by atoms with Crippen LogP contribution in [0.15, 0.2) is 42.6 Å². The molecule has 128 valence electrons. The maximum absolute atomic E-state index is 12.4. The number of para-hydroxylation sites is 2. The fourth-order valence-corrected chi connectivity index (χ4v) is 2.09. The standard InChI is InChI=1S/C19H25N3O2/c1-5-14(4)21-18-11-10-15(12-20-18)19(23)22-16-8-6-7-9-17(16)24-13(2)3/h6-14H,5H2,1-4H3,(H,20,21)(H,22,23). The number of aromatic nitrogens is 1. The van der Waals surface area contributed by atoms with Crippen LogP contribution < -0.4 is 15.4 Å². The number of rotatable bonds is 7. The molecule has 1 atom stereocenters. The lowest BCUT2D eigenvalue weighted by molar-refractivity contribution is 0.102. The second-order valence-corrected chi connectivity index (χ2v) is 6.00. The first kappa shape index (κ1) is 17.8. The molecule has 0 fully saturated rings. The molecular formula is C19H25N3O2. The summed E-state index contributed by atoms with van der Waals surface area (Å²) >= 11 is 0. The van der Waals surface area contributed by atoms with Crippen molar-refractivity contribution in [2.45, 2.75) is 46.3 Å². The van der Waals surface area contributed by atoms with Crippen LogP contribution >= 0.6 is 0 Å². The summed E-state index contributed by atoms with van der Waals surface area (Å²) in [7, 11) is 0. The summed E-state index contributed by atoms with van der Waals surface area (Å²) in [5, 5.41) is 6.15. The van der Waals surface area contributed by atoms with E-state index in [0.29, 0.717) is 23.0 Å². The van der Waals surface area contributed by atoms with Gasteiger partial charge in [0.25, 0.3) is 5.91 Å². The normalized spacial score (nSPS) is 11.9. The van der Waals surface area contributed by atoms with E-state index in [1.807, 2.05) is 44.2 Å². The van der Waals surface area contributed by atoms with Crippen LogP contribution in [0.2, 0.25) is 0 Å². The van der Waals surface area contributed by atoms with Crippen molar-refractivity contribution in [2.75, 3.05) is 10.6 Å². The molecule has 0 spiro atoms. The van der Waals surface area contributed by atoms with Crippen LogP contribution in [-0.2, 0) is 0 Å². The first-order chi connectivity index (χ1) is 11.5. The average Bonchev–Trinajstić information content (AvgIpc) is 2.56. The molecule has 5 heteroatoms. The molecule has 0 aliphatic heterocycles. The number of pyridine rings is 1. The average molecular weight is 327 g/mol. The monoisotopic (exact) mass is 327 g/mol. The van der Waals surface area contributed by atoms with E-state index in [2.05, 4.69) is 29.5 Å². The molecule has 0 aliphatic rings. The molecule has 1 aromatic carbocycles. The fraction of sp³-hybridized carbons (Fsp3) is 0.368. The van der Waals surface area contributed by atoms with E-state index in [0.717, 1.165) is 12.2 Å². The Morgan fingerprint density at radius 3 is 2.54 bits per heavy atom. The largest absolute Gasteiger partial charge is 0.489 e. The molecule has 1 unspecified atom stereocenters. The number of hydrogen-bond donors (Lipinski definition) is 2. The van der Waals surface area contributed by atoms with Crippen molar-refractivity contribution >= 4 is 17.4 Å². The third-order valence-electron chi connectivity index (χ3n) is 3.53.